The van der Waals surface area contributed by atoms with Crippen LogP contribution in [0.5, 0.6) is 0 Å². The van der Waals surface area contributed by atoms with E-state index in [1.165, 1.54) is 6.07 Å². The highest BCUT2D eigenvalue weighted by molar-refractivity contribution is 7.90. The third kappa shape index (κ3) is 5.43. The second-order valence-corrected chi connectivity index (χ2v) is 10.0. The molecule has 2 heterocycles. The summed E-state index contributed by atoms with van der Waals surface area (Å²) in [5.74, 6) is 0.345. The molecule has 0 radical (unpaired) electrons. The maximum absolute atomic E-state index is 12.9. The molecule has 0 saturated carbocycles. The summed E-state index contributed by atoms with van der Waals surface area (Å²) >= 11 is 0. The van der Waals surface area contributed by atoms with Crippen molar-refractivity contribution in [3.63, 3.8) is 0 Å². The molecule has 8 nitrogen and oxygen atoms in total. The van der Waals surface area contributed by atoms with Crippen molar-refractivity contribution in [2.75, 3.05) is 6.61 Å². The van der Waals surface area contributed by atoms with Gasteiger partial charge in [-0.3, -0.25) is 0 Å². The predicted octanol–water partition coefficient (Wildman–Crippen LogP) is 4.68. The van der Waals surface area contributed by atoms with Crippen LogP contribution in [0, 0.1) is 5.92 Å². The van der Waals surface area contributed by atoms with Crippen LogP contribution in [0.3, 0.4) is 0 Å². The van der Waals surface area contributed by atoms with E-state index in [-0.39, 0.29) is 11.5 Å². The Balaban J connectivity index is 1.53. The number of fused-ring (bicyclic) bond motifs is 1. The Labute approximate surface area is 198 Å². The van der Waals surface area contributed by atoms with E-state index in [9.17, 15) is 13.2 Å². The van der Waals surface area contributed by atoms with Crippen molar-refractivity contribution in [1.82, 2.24) is 19.7 Å². The van der Waals surface area contributed by atoms with Crippen molar-refractivity contribution >= 4 is 27.3 Å². The quantitative estimate of drug-likeness (QED) is 0.380. The number of carbonyl (C=O) groups excluding carboxylic acids is 1. The molecule has 176 valence electrons. The average Bonchev–Trinajstić information content (AvgIpc) is 3.29. The van der Waals surface area contributed by atoms with Crippen LogP contribution in [0.2, 0.25) is 0 Å². The van der Waals surface area contributed by atoms with Crippen molar-refractivity contribution in [3.8, 4) is 11.1 Å². The van der Waals surface area contributed by atoms with E-state index in [1.807, 2.05) is 48.9 Å². The van der Waals surface area contributed by atoms with Crippen LogP contribution in [-0.4, -0.2) is 36.1 Å². The zero-order valence-electron chi connectivity index (χ0n) is 19.0. The van der Waals surface area contributed by atoms with Gasteiger partial charge in [-0.25, -0.2) is 27.9 Å². The second kappa shape index (κ2) is 10.0. The fourth-order valence-corrected chi connectivity index (χ4v) is 4.71. The number of benzene rings is 2. The summed E-state index contributed by atoms with van der Waals surface area (Å²) in [7, 11) is -4.11. The number of hydrogen-bond acceptors (Lipinski definition) is 6. The lowest BCUT2D eigenvalue weighted by Gasteiger charge is -2.13. The zero-order chi connectivity index (χ0) is 24.1. The molecule has 0 aliphatic carbocycles. The van der Waals surface area contributed by atoms with Crippen molar-refractivity contribution < 1.29 is 17.9 Å². The largest absolute Gasteiger partial charge is 0.449 e. The molecule has 9 heteroatoms. The van der Waals surface area contributed by atoms with Gasteiger partial charge in [-0.05, 0) is 47.6 Å². The Bertz CT molecular complexity index is 1400. The highest BCUT2D eigenvalue weighted by Gasteiger charge is 2.22. The number of rotatable bonds is 8. The van der Waals surface area contributed by atoms with Gasteiger partial charge in [-0.1, -0.05) is 56.3 Å². The molecule has 2 N–H and O–H groups in total. The Morgan fingerprint density at radius 3 is 2.59 bits per heavy atom. The first kappa shape index (κ1) is 23.4. The van der Waals surface area contributed by atoms with Crippen LogP contribution >= 0.6 is 0 Å². The van der Waals surface area contributed by atoms with Gasteiger partial charge in [0.15, 0.2) is 5.65 Å². The maximum atomic E-state index is 12.9. The van der Waals surface area contributed by atoms with E-state index in [4.69, 9.17) is 4.74 Å². The van der Waals surface area contributed by atoms with E-state index in [0.717, 1.165) is 22.2 Å². The number of nitrogens with one attached hydrogen (secondary N) is 2. The second-order valence-electron chi connectivity index (χ2n) is 8.37. The first-order valence-corrected chi connectivity index (χ1v) is 12.5. The third-order valence-corrected chi connectivity index (χ3v) is 6.77. The maximum Gasteiger partial charge on any atom is 0.421 e. The molecule has 0 aliphatic rings. The molecule has 2 aromatic heterocycles. The van der Waals surface area contributed by atoms with E-state index in [2.05, 4.69) is 15.0 Å². The van der Waals surface area contributed by atoms with E-state index in [1.54, 1.807) is 30.7 Å². The first-order chi connectivity index (χ1) is 16.3. The number of aromatic amines is 1. The summed E-state index contributed by atoms with van der Waals surface area (Å²) in [6.07, 6.45) is 3.70. The minimum absolute atomic E-state index is 0.0110. The lowest BCUT2D eigenvalue weighted by Crippen LogP contribution is -2.31. The lowest BCUT2D eigenvalue weighted by molar-refractivity contribution is 0.146. The summed E-state index contributed by atoms with van der Waals surface area (Å²) in [6.45, 7) is 4.15. The Kier molecular flexibility index (Phi) is 6.93. The monoisotopic (exact) mass is 478 g/mol. The minimum atomic E-state index is -4.11. The molecule has 1 amide bonds. The van der Waals surface area contributed by atoms with Gasteiger partial charge in [0.1, 0.15) is 0 Å². The Morgan fingerprint density at radius 2 is 1.82 bits per heavy atom. The first-order valence-electron chi connectivity index (χ1n) is 11.0. The smallest absolute Gasteiger partial charge is 0.421 e. The number of carbonyl (C=O) groups is 1. The molecular formula is C25H26N4O4S. The van der Waals surface area contributed by atoms with Crippen LogP contribution in [0.1, 0.15) is 31.4 Å². The summed E-state index contributed by atoms with van der Waals surface area (Å²) in [4.78, 5) is 23.6. The Hall–Kier alpha value is -3.72. The molecule has 0 unspecified atom stereocenters. The Morgan fingerprint density at radius 1 is 1.06 bits per heavy atom. The number of H-pyrrole nitrogens is 1. The molecule has 0 atom stereocenters. The molecule has 0 saturated heterocycles. The molecular weight excluding hydrogens is 452 g/mol. The molecule has 0 spiro atoms. The zero-order valence-corrected chi connectivity index (χ0v) is 19.8. The number of aromatic nitrogens is 3. The summed E-state index contributed by atoms with van der Waals surface area (Å²) < 4.78 is 32.9. The fraction of sp³-hybridized carbons (Fsp3) is 0.240. The van der Waals surface area contributed by atoms with E-state index < -0.39 is 16.1 Å². The topological polar surface area (TPSA) is 114 Å². The van der Waals surface area contributed by atoms with Crippen LogP contribution < -0.4 is 4.72 Å². The van der Waals surface area contributed by atoms with Gasteiger partial charge >= 0.3 is 6.09 Å². The standard InChI is InChI=1S/C25H26N4O4S/c1-17(2)12-14-33-25(30)29-34(31,32)22-6-4-3-5-21(22)19-9-7-18(8-10-19)15-20-11-13-26-24-23(20)27-16-28-24/h3-11,13,16-17H,12,14-15H2,1-2H3,(H,29,30)(H,26,27,28). The normalized spacial score (nSPS) is 11.6. The van der Waals surface area contributed by atoms with Crippen LogP contribution in [0.4, 0.5) is 4.79 Å². The number of imidazole rings is 1. The fourth-order valence-electron chi connectivity index (χ4n) is 3.59. The number of sulfonamides is 1. The number of pyridine rings is 1. The summed E-state index contributed by atoms with van der Waals surface area (Å²) in [6, 6.07) is 16.2. The highest BCUT2D eigenvalue weighted by atomic mass is 32.2. The number of nitrogens with zero attached hydrogens (tertiary/aromatic N) is 2. The molecule has 0 aliphatic heterocycles. The molecule has 0 fully saturated rings. The van der Waals surface area contributed by atoms with E-state index in [0.29, 0.717) is 30.0 Å². The van der Waals surface area contributed by atoms with Gasteiger partial charge in [-0.15, -0.1) is 0 Å². The van der Waals surface area contributed by atoms with Crippen molar-refractivity contribution in [2.45, 2.75) is 31.6 Å². The number of amides is 1. The number of hydrogen-bond donors (Lipinski definition) is 2. The summed E-state index contributed by atoms with van der Waals surface area (Å²) in [5.41, 5.74) is 4.91. The number of ether oxygens (including phenoxy) is 1. The van der Waals surface area contributed by atoms with Gasteiger partial charge in [0.2, 0.25) is 0 Å². The molecule has 34 heavy (non-hydrogen) atoms. The third-order valence-electron chi connectivity index (χ3n) is 5.40. The van der Waals surface area contributed by atoms with Crippen molar-refractivity contribution in [3.05, 3.63) is 78.2 Å². The highest BCUT2D eigenvalue weighted by Crippen LogP contribution is 2.28. The van der Waals surface area contributed by atoms with Gasteiger partial charge in [-0.2, -0.15) is 0 Å². The van der Waals surface area contributed by atoms with Gasteiger partial charge in [0.05, 0.1) is 23.3 Å². The predicted molar refractivity (Wildman–Crippen MR) is 130 cm³/mol. The summed E-state index contributed by atoms with van der Waals surface area (Å²) in [5, 5.41) is 0. The molecule has 4 aromatic rings. The van der Waals surface area contributed by atoms with Crippen molar-refractivity contribution in [2.24, 2.45) is 5.92 Å². The molecule has 4 rings (SSSR count). The minimum Gasteiger partial charge on any atom is -0.449 e. The SMILES string of the molecule is CC(C)CCOC(=O)NS(=O)(=O)c1ccccc1-c1ccc(Cc2ccnc3nc[nH]c23)cc1. The van der Waals surface area contributed by atoms with Crippen LogP contribution in [0.15, 0.2) is 72.0 Å². The van der Waals surface area contributed by atoms with Gasteiger partial charge in [0, 0.05) is 11.8 Å². The average molecular weight is 479 g/mol. The van der Waals surface area contributed by atoms with Gasteiger partial charge in [0.25, 0.3) is 10.0 Å². The molecule has 2 aromatic carbocycles. The van der Waals surface area contributed by atoms with Crippen LogP contribution in [-0.2, 0) is 21.2 Å². The van der Waals surface area contributed by atoms with Crippen LogP contribution in [0.25, 0.3) is 22.3 Å². The molecule has 0 bridgehead atoms. The van der Waals surface area contributed by atoms with E-state index >= 15 is 0 Å². The van der Waals surface area contributed by atoms with Gasteiger partial charge < -0.3 is 9.72 Å². The lowest BCUT2D eigenvalue weighted by atomic mass is 10.0. The van der Waals surface area contributed by atoms with Crippen molar-refractivity contribution in [1.29, 1.82) is 0 Å².